The second kappa shape index (κ2) is 5.70. The molecule has 0 aromatic carbocycles. The lowest BCUT2D eigenvalue weighted by atomic mass is 9.74. The fraction of sp³-hybridized carbons (Fsp3) is 0.800. The smallest absolute Gasteiger partial charge is 0.0900 e. The van der Waals surface area contributed by atoms with E-state index in [4.69, 9.17) is 5.73 Å². The van der Waals surface area contributed by atoms with Crippen molar-refractivity contribution in [2.45, 2.75) is 71.8 Å². The van der Waals surface area contributed by atoms with E-state index in [-0.39, 0.29) is 6.04 Å². The summed E-state index contributed by atoms with van der Waals surface area (Å²) in [6.07, 6.45) is 8.81. The highest BCUT2D eigenvalue weighted by Gasteiger charge is 2.44. The van der Waals surface area contributed by atoms with Crippen molar-refractivity contribution >= 4 is 11.3 Å². The van der Waals surface area contributed by atoms with Crippen LogP contribution in [0.3, 0.4) is 0 Å². The molecule has 102 valence electrons. The molecule has 0 saturated heterocycles. The maximum atomic E-state index is 6.58. The zero-order chi connectivity index (χ0) is 13.2. The van der Waals surface area contributed by atoms with Crippen LogP contribution in [0.5, 0.6) is 0 Å². The van der Waals surface area contributed by atoms with Crippen LogP contribution in [0.25, 0.3) is 0 Å². The molecule has 0 radical (unpaired) electrons. The van der Waals surface area contributed by atoms with Gasteiger partial charge in [-0.25, -0.2) is 4.98 Å². The molecule has 1 aliphatic carbocycles. The molecule has 1 aromatic heterocycles. The highest BCUT2D eigenvalue weighted by Crippen LogP contribution is 2.52. The largest absolute Gasteiger partial charge is 0.323 e. The van der Waals surface area contributed by atoms with Crippen LogP contribution < -0.4 is 5.73 Å². The molecule has 2 unspecified atom stereocenters. The fourth-order valence-electron chi connectivity index (χ4n) is 3.41. The second-order valence-corrected chi connectivity index (χ2v) is 7.00. The molecule has 1 heterocycles. The summed E-state index contributed by atoms with van der Waals surface area (Å²) in [6.45, 7) is 6.64. The van der Waals surface area contributed by atoms with Crippen molar-refractivity contribution in [3.63, 3.8) is 0 Å². The zero-order valence-electron chi connectivity index (χ0n) is 12.0. The average molecular weight is 266 g/mol. The molecule has 0 aliphatic heterocycles. The van der Waals surface area contributed by atoms with Crippen LogP contribution in [-0.2, 0) is 6.42 Å². The lowest BCUT2D eigenvalue weighted by molar-refractivity contribution is 0.196. The van der Waals surface area contributed by atoms with Gasteiger partial charge < -0.3 is 5.73 Å². The Balaban J connectivity index is 2.15. The third-order valence-corrected chi connectivity index (χ3v) is 5.42. The summed E-state index contributed by atoms with van der Waals surface area (Å²) >= 11 is 1.82. The van der Waals surface area contributed by atoms with E-state index in [0.29, 0.717) is 5.41 Å². The summed E-state index contributed by atoms with van der Waals surface area (Å²) < 4.78 is 0. The third-order valence-electron chi connectivity index (χ3n) is 4.32. The van der Waals surface area contributed by atoms with Gasteiger partial charge in [-0.05, 0) is 31.6 Å². The topological polar surface area (TPSA) is 38.9 Å². The van der Waals surface area contributed by atoms with Crippen molar-refractivity contribution in [1.82, 2.24) is 4.98 Å². The molecule has 0 bridgehead atoms. The van der Waals surface area contributed by atoms with Crippen LogP contribution in [0.15, 0.2) is 0 Å². The molecule has 0 amide bonds. The molecule has 18 heavy (non-hydrogen) atoms. The van der Waals surface area contributed by atoms with E-state index in [1.807, 2.05) is 11.3 Å². The molecule has 2 N–H and O–H groups in total. The SMILES string of the molecule is CCCCCC1(CCC)Cc2nc(C)sc2C1N. The second-order valence-electron chi connectivity index (χ2n) is 5.77. The van der Waals surface area contributed by atoms with Crippen LogP contribution >= 0.6 is 11.3 Å². The Morgan fingerprint density at radius 2 is 2.06 bits per heavy atom. The number of hydrogen-bond acceptors (Lipinski definition) is 3. The Kier molecular flexibility index (Phi) is 4.44. The molecule has 1 aliphatic rings. The summed E-state index contributed by atoms with van der Waals surface area (Å²) in [4.78, 5) is 6.06. The molecule has 2 rings (SSSR count). The Morgan fingerprint density at radius 3 is 2.67 bits per heavy atom. The first-order valence-electron chi connectivity index (χ1n) is 7.34. The minimum Gasteiger partial charge on any atom is -0.323 e. The number of fused-ring (bicyclic) bond motifs is 1. The number of hydrogen-bond donors (Lipinski definition) is 1. The number of aromatic nitrogens is 1. The van der Waals surface area contributed by atoms with E-state index in [1.54, 1.807) is 0 Å². The molecule has 3 heteroatoms. The van der Waals surface area contributed by atoms with Crippen LogP contribution in [0.2, 0.25) is 0 Å². The molecule has 0 spiro atoms. The summed E-state index contributed by atoms with van der Waals surface area (Å²) in [5.41, 5.74) is 8.19. The summed E-state index contributed by atoms with van der Waals surface area (Å²) in [7, 11) is 0. The Morgan fingerprint density at radius 1 is 1.28 bits per heavy atom. The number of rotatable bonds is 6. The van der Waals surface area contributed by atoms with Gasteiger partial charge in [-0.2, -0.15) is 0 Å². The predicted octanol–water partition coefficient (Wildman–Crippen LogP) is 4.37. The number of nitrogens with two attached hydrogens (primary N) is 1. The molecule has 2 atom stereocenters. The molecule has 1 aromatic rings. The number of thiazole rings is 1. The Labute approximate surface area is 115 Å². The highest BCUT2D eigenvalue weighted by atomic mass is 32.1. The van der Waals surface area contributed by atoms with Crippen molar-refractivity contribution in [3.8, 4) is 0 Å². The highest BCUT2D eigenvalue weighted by molar-refractivity contribution is 7.11. The van der Waals surface area contributed by atoms with E-state index >= 15 is 0 Å². The van der Waals surface area contributed by atoms with Crippen molar-refractivity contribution in [2.24, 2.45) is 11.1 Å². The first-order valence-corrected chi connectivity index (χ1v) is 8.16. The number of aryl methyl sites for hydroxylation is 1. The van der Waals surface area contributed by atoms with E-state index in [2.05, 4.69) is 25.8 Å². The van der Waals surface area contributed by atoms with Gasteiger partial charge in [0.1, 0.15) is 0 Å². The standard InChI is InChI=1S/C15H26N2S/c1-4-6-7-9-15(8-5-2)10-12-13(14(15)16)18-11(3)17-12/h14H,4-10,16H2,1-3H3. The van der Waals surface area contributed by atoms with Crippen molar-refractivity contribution in [1.29, 1.82) is 0 Å². The van der Waals surface area contributed by atoms with E-state index in [1.165, 1.54) is 54.1 Å². The lowest BCUT2D eigenvalue weighted by Crippen LogP contribution is -2.31. The average Bonchev–Trinajstić information content (AvgIpc) is 2.79. The number of unbranched alkanes of at least 4 members (excludes halogenated alkanes) is 2. The molecule has 0 saturated carbocycles. The van der Waals surface area contributed by atoms with Gasteiger partial charge >= 0.3 is 0 Å². The van der Waals surface area contributed by atoms with Gasteiger partial charge in [0.15, 0.2) is 0 Å². The van der Waals surface area contributed by atoms with Crippen LogP contribution in [0, 0.1) is 12.3 Å². The fourth-order valence-corrected chi connectivity index (χ4v) is 4.50. The minimum absolute atomic E-state index is 0.232. The first kappa shape index (κ1) is 14.0. The quantitative estimate of drug-likeness (QED) is 0.776. The normalized spacial score (nSPS) is 26.6. The predicted molar refractivity (Wildman–Crippen MR) is 79.0 cm³/mol. The summed E-state index contributed by atoms with van der Waals surface area (Å²) in [5, 5.41) is 1.18. The van der Waals surface area contributed by atoms with Gasteiger partial charge in [0.25, 0.3) is 0 Å². The third kappa shape index (κ3) is 2.48. The maximum Gasteiger partial charge on any atom is 0.0900 e. The minimum atomic E-state index is 0.232. The van der Waals surface area contributed by atoms with Crippen molar-refractivity contribution < 1.29 is 0 Å². The Bertz CT molecular complexity index is 399. The molecule has 2 nitrogen and oxygen atoms in total. The number of nitrogens with zero attached hydrogens (tertiary/aromatic N) is 1. The zero-order valence-corrected chi connectivity index (χ0v) is 12.8. The lowest BCUT2D eigenvalue weighted by Gasteiger charge is -2.33. The van der Waals surface area contributed by atoms with Gasteiger partial charge in [-0.3, -0.25) is 0 Å². The maximum absolute atomic E-state index is 6.58. The van der Waals surface area contributed by atoms with Crippen molar-refractivity contribution in [2.75, 3.05) is 0 Å². The van der Waals surface area contributed by atoms with Crippen LogP contribution in [-0.4, -0.2) is 4.98 Å². The summed E-state index contributed by atoms with van der Waals surface area (Å²) in [5.74, 6) is 0. The van der Waals surface area contributed by atoms with E-state index < -0.39 is 0 Å². The Hall–Kier alpha value is -0.410. The van der Waals surface area contributed by atoms with Crippen LogP contribution in [0.1, 0.15) is 74.0 Å². The van der Waals surface area contributed by atoms with Gasteiger partial charge in [0.05, 0.1) is 10.7 Å². The molecule has 0 fully saturated rings. The van der Waals surface area contributed by atoms with Gasteiger partial charge in [-0.15, -0.1) is 11.3 Å². The van der Waals surface area contributed by atoms with Gasteiger partial charge in [-0.1, -0.05) is 39.5 Å². The monoisotopic (exact) mass is 266 g/mol. The molecular formula is C15H26N2S. The first-order chi connectivity index (χ1) is 8.63. The van der Waals surface area contributed by atoms with E-state index in [0.717, 1.165) is 6.42 Å². The van der Waals surface area contributed by atoms with Crippen LogP contribution in [0.4, 0.5) is 0 Å². The summed E-state index contributed by atoms with van der Waals surface area (Å²) in [6, 6.07) is 0.232. The van der Waals surface area contributed by atoms with Gasteiger partial charge in [0, 0.05) is 10.9 Å². The van der Waals surface area contributed by atoms with E-state index in [9.17, 15) is 0 Å². The molecular weight excluding hydrogens is 240 g/mol. The van der Waals surface area contributed by atoms with Crippen molar-refractivity contribution in [3.05, 3.63) is 15.6 Å². The van der Waals surface area contributed by atoms with Gasteiger partial charge in [0.2, 0.25) is 0 Å².